The molecule has 1 aliphatic carbocycles. The van der Waals surface area contributed by atoms with E-state index in [9.17, 15) is 0 Å². The highest BCUT2D eigenvalue weighted by atomic mass is 16.3. The van der Waals surface area contributed by atoms with Gasteiger partial charge in [0.25, 0.3) is 0 Å². The average molecular weight is 232 g/mol. The molecule has 0 radical (unpaired) electrons. The summed E-state index contributed by atoms with van der Waals surface area (Å²) >= 11 is 0. The number of hydrogen-bond acceptors (Lipinski definition) is 2. The molecule has 1 saturated carbocycles. The fourth-order valence-corrected chi connectivity index (χ4v) is 1.38. The van der Waals surface area contributed by atoms with Crippen LogP contribution in [0.15, 0.2) is 0 Å². The van der Waals surface area contributed by atoms with Crippen LogP contribution in [-0.2, 0) is 0 Å². The second-order valence-corrected chi connectivity index (χ2v) is 4.28. The molecule has 0 unspecified atom stereocenters. The van der Waals surface area contributed by atoms with Crippen LogP contribution < -0.4 is 0 Å². The number of aliphatic hydroxyl groups excluding tert-OH is 2. The Morgan fingerprint density at radius 2 is 0.875 bits per heavy atom. The van der Waals surface area contributed by atoms with Crippen LogP contribution in [-0.4, -0.2) is 23.4 Å². The molecule has 1 fully saturated rings. The van der Waals surface area contributed by atoms with Crippen LogP contribution in [0.1, 0.15) is 78.1 Å². The Bertz CT molecular complexity index is 69.2. The van der Waals surface area contributed by atoms with Crippen molar-refractivity contribution in [2.24, 2.45) is 0 Å². The van der Waals surface area contributed by atoms with E-state index >= 15 is 0 Å². The summed E-state index contributed by atoms with van der Waals surface area (Å²) in [7, 11) is 0. The standard InChI is InChI=1S/C6H12.2C4H10O/c1-2-4-6-5-3-1;2*1-2-3-4-5/h1-6H2;2*5H,2-4H2,1H3. The minimum Gasteiger partial charge on any atom is -0.396 e. The highest BCUT2D eigenvalue weighted by Crippen LogP contribution is 2.15. The van der Waals surface area contributed by atoms with Crippen LogP contribution >= 0.6 is 0 Å². The number of hydrogen-bond donors (Lipinski definition) is 2. The van der Waals surface area contributed by atoms with Crippen molar-refractivity contribution in [3.05, 3.63) is 0 Å². The van der Waals surface area contributed by atoms with Gasteiger partial charge in [0.05, 0.1) is 0 Å². The van der Waals surface area contributed by atoms with E-state index in [0.29, 0.717) is 13.2 Å². The maximum Gasteiger partial charge on any atom is 0.0430 e. The van der Waals surface area contributed by atoms with Crippen molar-refractivity contribution in [1.82, 2.24) is 0 Å². The summed E-state index contributed by atoms with van der Waals surface area (Å²) < 4.78 is 0. The van der Waals surface area contributed by atoms with E-state index < -0.39 is 0 Å². The molecule has 0 amide bonds. The molecule has 2 heteroatoms. The minimum atomic E-state index is 0.344. The molecule has 1 rings (SSSR count). The summed E-state index contributed by atoms with van der Waals surface area (Å²) in [4.78, 5) is 0. The Balaban J connectivity index is 0. The van der Waals surface area contributed by atoms with Crippen molar-refractivity contribution >= 4 is 0 Å². The highest BCUT2D eigenvalue weighted by Gasteiger charge is 1.95. The minimum absolute atomic E-state index is 0.344. The summed E-state index contributed by atoms with van der Waals surface area (Å²) in [5.41, 5.74) is 0. The van der Waals surface area contributed by atoms with Crippen LogP contribution in [0, 0.1) is 0 Å². The first-order valence-electron chi connectivity index (χ1n) is 7.05. The van der Waals surface area contributed by atoms with E-state index in [0.717, 1.165) is 25.7 Å². The van der Waals surface area contributed by atoms with Gasteiger partial charge in [-0.1, -0.05) is 65.2 Å². The van der Waals surface area contributed by atoms with Gasteiger partial charge in [-0.15, -0.1) is 0 Å². The summed E-state index contributed by atoms with van der Waals surface area (Å²) in [6.45, 7) is 4.79. The summed E-state index contributed by atoms with van der Waals surface area (Å²) in [6.07, 6.45) is 13.1. The number of rotatable bonds is 4. The lowest BCUT2D eigenvalue weighted by Crippen LogP contribution is -1.85. The Morgan fingerprint density at radius 3 is 0.938 bits per heavy atom. The van der Waals surface area contributed by atoms with Crippen LogP contribution in [0.4, 0.5) is 0 Å². The van der Waals surface area contributed by atoms with E-state index in [1.807, 2.05) is 0 Å². The van der Waals surface area contributed by atoms with Gasteiger partial charge in [-0.3, -0.25) is 0 Å². The van der Waals surface area contributed by atoms with Crippen molar-refractivity contribution in [3.63, 3.8) is 0 Å². The van der Waals surface area contributed by atoms with Gasteiger partial charge in [0.2, 0.25) is 0 Å². The van der Waals surface area contributed by atoms with Gasteiger partial charge in [-0.25, -0.2) is 0 Å². The van der Waals surface area contributed by atoms with E-state index in [-0.39, 0.29) is 0 Å². The van der Waals surface area contributed by atoms with E-state index in [1.54, 1.807) is 0 Å². The van der Waals surface area contributed by atoms with Crippen molar-refractivity contribution in [3.8, 4) is 0 Å². The van der Waals surface area contributed by atoms with Gasteiger partial charge in [0.15, 0.2) is 0 Å². The van der Waals surface area contributed by atoms with Gasteiger partial charge in [0, 0.05) is 13.2 Å². The third-order valence-corrected chi connectivity index (χ3v) is 2.52. The first-order valence-corrected chi connectivity index (χ1v) is 7.05. The normalized spacial score (nSPS) is 14.2. The average Bonchev–Trinajstić information content (AvgIpc) is 2.35. The molecule has 0 aliphatic heterocycles. The maximum atomic E-state index is 8.07. The second kappa shape index (κ2) is 20.3. The van der Waals surface area contributed by atoms with Crippen LogP contribution in [0.2, 0.25) is 0 Å². The highest BCUT2D eigenvalue weighted by molar-refractivity contribution is 4.51. The molecule has 16 heavy (non-hydrogen) atoms. The zero-order valence-electron chi connectivity index (χ0n) is 11.4. The molecular formula is C14H32O2. The Hall–Kier alpha value is -0.0800. The molecule has 0 atom stereocenters. The molecule has 0 bridgehead atoms. The summed E-state index contributed by atoms with van der Waals surface area (Å²) in [5, 5.41) is 16.1. The molecule has 0 saturated heterocycles. The second-order valence-electron chi connectivity index (χ2n) is 4.28. The maximum absolute atomic E-state index is 8.07. The van der Waals surface area contributed by atoms with E-state index in [1.165, 1.54) is 38.5 Å². The third kappa shape index (κ3) is 23.6. The molecule has 0 aromatic carbocycles. The predicted octanol–water partition coefficient (Wildman–Crippen LogP) is 3.90. The Labute approximate surface area is 102 Å². The fraction of sp³-hybridized carbons (Fsp3) is 1.00. The molecular weight excluding hydrogens is 200 g/mol. The van der Waals surface area contributed by atoms with E-state index in [4.69, 9.17) is 10.2 Å². The molecule has 0 aromatic rings. The van der Waals surface area contributed by atoms with Crippen LogP contribution in [0.25, 0.3) is 0 Å². The molecule has 1 aliphatic rings. The Kier molecular flexibility index (Phi) is 23.3. The van der Waals surface area contributed by atoms with Crippen molar-refractivity contribution < 1.29 is 10.2 Å². The quantitative estimate of drug-likeness (QED) is 0.772. The number of aliphatic hydroxyl groups is 2. The molecule has 2 N–H and O–H groups in total. The topological polar surface area (TPSA) is 40.5 Å². The smallest absolute Gasteiger partial charge is 0.0430 e. The monoisotopic (exact) mass is 232 g/mol. The zero-order valence-corrected chi connectivity index (χ0v) is 11.4. The van der Waals surface area contributed by atoms with Crippen molar-refractivity contribution in [1.29, 1.82) is 0 Å². The molecule has 0 heterocycles. The molecule has 100 valence electrons. The van der Waals surface area contributed by atoms with Gasteiger partial charge >= 0.3 is 0 Å². The summed E-state index contributed by atoms with van der Waals surface area (Å²) in [6, 6.07) is 0. The third-order valence-electron chi connectivity index (χ3n) is 2.52. The predicted molar refractivity (Wildman–Crippen MR) is 71.7 cm³/mol. The first-order chi connectivity index (χ1) is 7.83. The van der Waals surface area contributed by atoms with Gasteiger partial charge < -0.3 is 10.2 Å². The van der Waals surface area contributed by atoms with Crippen LogP contribution in [0.3, 0.4) is 0 Å². The van der Waals surface area contributed by atoms with Gasteiger partial charge in [-0.05, 0) is 12.8 Å². The molecule has 2 nitrogen and oxygen atoms in total. The Morgan fingerprint density at radius 1 is 0.625 bits per heavy atom. The lowest BCUT2D eigenvalue weighted by molar-refractivity contribution is 0.286. The van der Waals surface area contributed by atoms with Crippen molar-refractivity contribution in [2.75, 3.05) is 13.2 Å². The fourth-order valence-electron chi connectivity index (χ4n) is 1.38. The number of unbranched alkanes of at least 4 members (excludes halogenated alkanes) is 2. The van der Waals surface area contributed by atoms with Gasteiger partial charge in [-0.2, -0.15) is 0 Å². The van der Waals surface area contributed by atoms with E-state index in [2.05, 4.69) is 13.8 Å². The lowest BCUT2D eigenvalue weighted by Gasteiger charge is -2.05. The zero-order chi connectivity index (χ0) is 12.5. The largest absolute Gasteiger partial charge is 0.396 e. The van der Waals surface area contributed by atoms with Crippen LogP contribution in [0.5, 0.6) is 0 Å². The van der Waals surface area contributed by atoms with Gasteiger partial charge in [0.1, 0.15) is 0 Å². The summed E-state index contributed by atoms with van der Waals surface area (Å²) in [5.74, 6) is 0. The molecule has 0 spiro atoms. The lowest BCUT2D eigenvalue weighted by atomic mass is 10.0. The van der Waals surface area contributed by atoms with Crippen molar-refractivity contribution in [2.45, 2.75) is 78.1 Å². The SMILES string of the molecule is C1CCCCC1.CCCCO.CCCCO. The molecule has 0 aromatic heterocycles. The first kappa shape index (κ1) is 18.3.